The molecule has 0 radical (unpaired) electrons. The van der Waals surface area contributed by atoms with Gasteiger partial charge < -0.3 is 9.73 Å². The summed E-state index contributed by atoms with van der Waals surface area (Å²) in [6, 6.07) is 3.58. The lowest BCUT2D eigenvalue weighted by Crippen LogP contribution is -2.44. The van der Waals surface area contributed by atoms with Crippen molar-refractivity contribution in [2.24, 2.45) is 16.7 Å². The van der Waals surface area contributed by atoms with Gasteiger partial charge in [0.15, 0.2) is 0 Å². The van der Waals surface area contributed by atoms with Gasteiger partial charge in [0.2, 0.25) is 0 Å². The summed E-state index contributed by atoms with van der Waals surface area (Å²) < 4.78 is 5.21. The van der Waals surface area contributed by atoms with Crippen molar-refractivity contribution in [3.8, 4) is 0 Å². The van der Waals surface area contributed by atoms with Gasteiger partial charge in [-0.05, 0) is 42.1 Å². The topological polar surface area (TPSA) is 68.3 Å². The molecule has 1 N–H and O–H groups in total. The Labute approximate surface area is 118 Å². The molecule has 110 valence electrons. The number of rotatable bonds is 4. The average molecular weight is 278 g/mol. The molecule has 0 spiro atoms. The molecule has 1 aromatic heterocycles. The van der Waals surface area contributed by atoms with Crippen molar-refractivity contribution in [2.45, 2.75) is 52.6 Å². The van der Waals surface area contributed by atoms with Gasteiger partial charge in [0, 0.05) is 6.04 Å². The van der Waals surface area contributed by atoms with E-state index in [1.807, 2.05) is 0 Å². The molecule has 3 atom stereocenters. The van der Waals surface area contributed by atoms with Gasteiger partial charge in [-0.2, -0.15) is 0 Å². The highest BCUT2D eigenvalue weighted by Gasteiger charge is 2.60. The fourth-order valence-electron chi connectivity index (χ4n) is 4.30. The van der Waals surface area contributed by atoms with Gasteiger partial charge in [-0.25, -0.2) is 0 Å². The number of fused-ring (bicyclic) bond motifs is 2. The third-order valence-corrected chi connectivity index (χ3v) is 6.14. The quantitative estimate of drug-likeness (QED) is 0.676. The first-order valence-electron chi connectivity index (χ1n) is 7.31. The Morgan fingerprint density at radius 2 is 2.20 bits per heavy atom. The fourth-order valence-corrected chi connectivity index (χ4v) is 4.30. The van der Waals surface area contributed by atoms with E-state index in [2.05, 4.69) is 26.1 Å². The predicted molar refractivity (Wildman–Crippen MR) is 75.2 cm³/mol. The molecule has 0 aliphatic heterocycles. The first kappa shape index (κ1) is 13.6. The van der Waals surface area contributed by atoms with Crippen LogP contribution in [0.25, 0.3) is 0 Å². The molecule has 0 aromatic carbocycles. The highest BCUT2D eigenvalue weighted by atomic mass is 16.6. The fraction of sp³-hybridized carbons (Fsp3) is 0.733. The lowest BCUT2D eigenvalue weighted by molar-refractivity contribution is -0.402. The molecule has 3 rings (SSSR count). The Morgan fingerprint density at radius 3 is 2.70 bits per heavy atom. The highest BCUT2D eigenvalue weighted by Crippen LogP contribution is 2.65. The van der Waals surface area contributed by atoms with Crippen molar-refractivity contribution in [1.29, 1.82) is 0 Å². The zero-order chi connectivity index (χ0) is 14.5. The second-order valence-electron chi connectivity index (χ2n) is 7.04. The number of hydrogen-bond acceptors (Lipinski definition) is 4. The zero-order valence-corrected chi connectivity index (χ0v) is 12.3. The maximum absolute atomic E-state index is 10.6. The van der Waals surface area contributed by atoms with Gasteiger partial charge >= 0.3 is 5.88 Å². The molecule has 2 bridgehead atoms. The normalized spacial score (nSPS) is 34.5. The summed E-state index contributed by atoms with van der Waals surface area (Å²) in [6.45, 7) is 7.70. The van der Waals surface area contributed by atoms with Gasteiger partial charge in [-0.1, -0.05) is 20.8 Å². The summed E-state index contributed by atoms with van der Waals surface area (Å²) in [5.41, 5.74) is 0.690. The second-order valence-corrected chi connectivity index (χ2v) is 7.04. The van der Waals surface area contributed by atoms with Crippen LogP contribution in [0.15, 0.2) is 16.5 Å². The number of nitrogens with zero attached hydrogens (tertiary/aromatic N) is 1. The summed E-state index contributed by atoms with van der Waals surface area (Å²) in [6.07, 6.45) is 3.79. The standard InChI is InChI=1S/C15H22N2O3/c1-14(2)10-6-7-15(14,3)12(8-10)16-9-11-4-5-13(20-11)17(18)19/h4-5,10,12,16H,6-9H2,1-3H3. The van der Waals surface area contributed by atoms with Crippen LogP contribution in [0.4, 0.5) is 5.88 Å². The number of furan rings is 1. The molecule has 2 aliphatic rings. The molecule has 20 heavy (non-hydrogen) atoms. The van der Waals surface area contributed by atoms with Gasteiger partial charge in [0.05, 0.1) is 12.6 Å². The lowest BCUT2D eigenvalue weighted by atomic mass is 9.69. The predicted octanol–water partition coefficient (Wildman–Crippen LogP) is 3.49. The van der Waals surface area contributed by atoms with E-state index in [0.717, 1.165) is 5.92 Å². The molecule has 0 amide bonds. The van der Waals surface area contributed by atoms with Crippen LogP contribution in [0, 0.1) is 26.9 Å². The van der Waals surface area contributed by atoms with Crippen LogP contribution in [0.1, 0.15) is 45.8 Å². The summed E-state index contributed by atoms with van der Waals surface area (Å²) in [7, 11) is 0. The lowest BCUT2D eigenvalue weighted by Gasteiger charge is -2.39. The monoisotopic (exact) mass is 278 g/mol. The van der Waals surface area contributed by atoms with E-state index in [1.165, 1.54) is 25.3 Å². The van der Waals surface area contributed by atoms with E-state index in [9.17, 15) is 10.1 Å². The minimum absolute atomic E-state index is 0.179. The van der Waals surface area contributed by atoms with E-state index in [4.69, 9.17) is 4.42 Å². The van der Waals surface area contributed by atoms with Gasteiger partial charge in [0.25, 0.3) is 0 Å². The maximum atomic E-state index is 10.6. The molecule has 2 saturated carbocycles. The minimum Gasteiger partial charge on any atom is -0.404 e. The SMILES string of the molecule is CC1(C)C2CCC1(C)C(NCc1ccc([N+](=O)[O-])o1)C2. The number of hydrogen-bond donors (Lipinski definition) is 1. The van der Waals surface area contributed by atoms with E-state index < -0.39 is 4.92 Å². The number of nitro groups is 1. The van der Waals surface area contributed by atoms with E-state index >= 15 is 0 Å². The van der Waals surface area contributed by atoms with Crippen LogP contribution in [0.5, 0.6) is 0 Å². The van der Waals surface area contributed by atoms with E-state index in [0.29, 0.717) is 29.2 Å². The summed E-state index contributed by atoms with van der Waals surface area (Å²) in [5.74, 6) is 1.25. The zero-order valence-electron chi connectivity index (χ0n) is 12.3. The number of nitrogens with one attached hydrogen (secondary N) is 1. The first-order valence-corrected chi connectivity index (χ1v) is 7.31. The summed E-state index contributed by atoms with van der Waals surface area (Å²) in [5, 5.41) is 14.2. The summed E-state index contributed by atoms with van der Waals surface area (Å²) >= 11 is 0. The van der Waals surface area contributed by atoms with Crippen LogP contribution in [-0.4, -0.2) is 11.0 Å². The maximum Gasteiger partial charge on any atom is 0.433 e. The Hall–Kier alpha value is -1.36. The highest BCUT2D eigenvalue weighted by molar-refractivity contribution is 5.18. The average Bonchev–Trinajstić information content (AvgIpc) is 2.98. The molecular weight excluding hydrogens is 256 g/mol. The van der Waals surface area contributed by atoms with Crippen LogP contribution < -0.4 is 5.32 Å². The van der Waals surface area contributed by atoms with Crippen molar-refractivity contribution in [3.63, 3.8) is 0 Å². The third kappa shape index (κ3) is 1.79. The van der Waals surface area contributed by atoms with Crippen molar-refractivity contribution in [2.75, 3.05) is 0 Å². The third-order valence-electron chi connectivity index (χ3n) is 6.14. The van der Waals surface area contributed by atoms with Crippen molar-refractivity contribution >= 4 is 5.88 Å². The van der Waals surface area contributed by atoms with E-state index in [1.54, 1.807) is 6.07 Å². The van der Waals surface area contributed by atoms with Crippen LogP contribution >= 0.6 is 0 Å². The Balaban J connectivity index is 1.66. The largest absolute Gasteiger partial charge is 0.433 e. The molecule has 1 aromatic rings. The Kier molecular flexibility index (Phi) is 2.94. The molecule has 5 nitrogen and oxygen atoms in total. The van der Waals surface area contributed by atoms with Crippen molar-refractivity contribution < 1.29 is 9.34 Å². The van der Waals surface area contributed by atoms with Crippen LogP contribution in [-0.2, 0) is 6.54 Å². The molecular formula is C15H22N2O3. The first-order chi connectivity index (χ1) is 9.34. The van der Waals surface area contributed by atoms with Crippen LogP contribution in [0.2, 0.25) is 0 Å². The van der Waals surface area contributed by atoms with Gasteiger partial charge in [-0.3, -0.25) is 10.1 Å². The molecule has 3 unspecified atom stereocenters. The van der Waals surface area contributed by atoms with Crippen molar-refractivity contribution in [1.82, 2.24) is 5.32 Å². The van der Waals surface area contributed by atoms with Crippen LogP contribution in [0.3, 0.4) is 0 Å². The Bertz CT molecular complexity index is 537. The second kappa shape index (κ2) is 4.32. The van der Waals surface area contributed by atoms with Gasteiger partial charge in [0.1, 0.15) is 10.7 Å². The van der Waals surface area contributed by atoms with E-state index in [-0.39, 0.29) is 5.88 Å². The summed E-state index contributed by atoms with van der Waals surface area (Å²) in [4.78, 5) is 10.1. The molecule has 2 aliphatic carbocycles. The molecule has 1 heterocycles. The molecule has 5 heteroatoms. The molecule has 0 saturated heterocycles. The smallest absolute Gasteiger partial charge is 0.404 e. The van der Waals surface area contributed by atoms with Gasteiger partial charge in [-0.15, -0.1) is 0 Å². The molecule has 2 fully saturated rings. The Morgan fingerprint density at radius 1 is 1.45 bits per heavy atom. The minimum atomic E-state index is -0.495. The van der Waals surface area contributed by atoms with Crippen molar-refractivity contribution in [3.05, 3.63) is 28.0 Å².